The van der Waals surface area contributed by atoms with Crippen molar-refractivity contribution in [3.8, 4) is 11.3 Å². The predicted octanol–water partition coefficient (Wildman–Crippen LogP) is 5.64. The van der Waals surface area contributed by atoms with Gasteiger partial charge in [0.25, 0.3) is 0 Å². The van der Waals surface area contributed by atoms with E-state index in [1.807, 2.05) is 0 Å². The lowest BCUT2D eigenvalue weighted by molar-refractivity contribution is -0.137. The predicted molar refractivity (Wildman–Crippen MR) is 86.1 cm³/mol. The number of pyridine rings is 1. The lowest BCUT2D eigenvalue weighted by atomic mass is 10.0. The van der Waals surface area contributed by atoms with E-state index in [0.717, 1.165) is 31.4 Å². The Bertz CT molecular complexity index is 866. The Hall–Kier alpha value is -2.12. The minimum atomic E-state index is -4.67. The number of halogens is 6. The van der Waals surface area contributed by atoms with Crippen molar-refractivity contribution in [2.24, 2.45) is 0 Å². The minimum Gasteiger partial charge on any atom is -0.464 e. The number of carbonyl (C=O) groups excluding carboxylic acids is 1. The molecule has 0 aliphatic rings. The van der Waals surface area contributed by atoms with E-state index in [2.05, 4.69) is 16.3 Å². The zero-order valence-corrected chi connectivity index (χ0v) is 14.1. The molecule has 0 amide bonds. The third-order valence-electron chi connectivity index (χ3n) is 3.25. The minimum absolute atomic E-state index is 0.149. The Morgan fingerprint density at radius 1 is 1.32 bits per heavy atom. The highest BCUT2D eigenvalue weighted by atomic mass is 35.5. The number of benzene rings is 1. The van der Waals surface area contributed by atoms with Gasteiger partial charge >= 0.3 is 12.1 Å². The number of hydrogen-bond acceptors (Lipinski definition) is 3. The Morgan fingerprint density at radius 2 is 1.96 bits per heavy atom. The van der Waals surface area contributed by atoms with Crippen LogP contribution < -0.4 is 0 Å². The molecule has 0 bridgehead atoms. The Kier molecular flexibility index (Phi) is 5.39. The lowest BCUT2D eigenvalue weighted by Crippen LogP contribution is -2.10. The Labute approximate surface area is 149 Å². The van der Waals surface area contributed by atoms with Gasteiger partial charge in [0.1, 0.15) is 5.69 Å². The fourth-order valence-electron chi connectivity index (χ4n) is 2.12. The summed E-state index contributed by atoms with van der Waals surface area (Å²) in [7, 11) is 1.07. The molecule has 2 aromatic rings. The number of ether oxygens (including phenoxy) is 1. The molecular formula is C16H9Cl2F4NO2. The van der Waals surface area contributed by atoms with Gasteiger partial charge in [-0.25, -0.2) is 14.2 Å². The number of esters is 1. The fraction of sp³-hybridized carbons (Fsp3) is 0.125. The molecule has 0 aliphatic carbocycles. The van der Waals surface area contributed by atoms with Crippen molar-refractivity contribution in [3.63, 3.8) is 0 Å². The highest BCUT2D eigenvalue weighted by Gasteiger charge is 2.34. The summed E-state index contributed by atoms with van der Waals surface area (Å²) in [5.41, 5.74) is -2.44. The van der Waals surface area contributed by atoms with Gasteiger partial charge < -0.3 is 4.74 Å². The molecule has 0 saturated heterocycles. The third kappa shape index (κ3) is 3.62. The van der Waals surface area contributed by atoms with E-state index in [-0.39, 0.29) is 10.6 Å². The quantitative estimate of drug-likeness (QED) is 0.500. The molecule has 0 atom stereocenters. The van der Waals surface area contributed by atoms with Gasteiger partial charge in [-0.1, -0.05) is 41.9 Å². The highest BCUT2D eigenvalue weighted by Crippen LogP contribution is 2.40. The summed E-state index contributed by atoms with van der Waals surface area (Å²) in [5, 5.41) is -0.713. The number of methoxy groups -OCH3 is 1. The summed E-state index contributed by atoms with van der Waals surface area (Å²) in [5.74, 6) is -1.90. The SMILES string of the molecule is C=Cc1c(C(F)(F)F)ccc(-c2nc(C(=O)OC)c(Cl)cc2F)c1Cl. The summed E-state index contributed by atoms with van der Waals surface area (Å²) in [4.78, 5) is 15.4. The largest absolute Gasteiger partial charge is 0.464 e. The molecule has 3 nitrogen and oxygen atoms in total. The van der Waals surface area contributed by atoms with Crippen LogP contribution in [0.3, 0.4) is 0 Å². The van der Waals surface area contributed by atoms with Crippen LogP contribution in [0.15, 0.2) is 24.8 Å². The average molecular weight is 394 g/mol. The lowest BCUT2D eigenvalue weighted by Gasteiger charge is -2.15. The standard InChI is InChI=1S/C16H9Cl2F4NO2/c1-3-7-9(16(20,21)22)5-4-8(12(7)18)13-11(19)6-10(17)14(23-13)15(24)25-2/h3-6H,1H2,2H3. The number of hydrogen-bond donors (Lipinski definition) is 0. The molecule has 1 aromatic carbocycles. The monoisotopic (exact) mass is 393 g/mol. The van der Waals surface area contributed by atoms with Crippen LogP contribution in [0.25, 0.3) is 17.3 Å². The molecule has 0 spiro atoms. The summed E-state index contributed by atoms with van der Waals surface area (Å²) in [6, 6.07) is 2.49. The molecule has 132 valence electrons. The second-order valence-corrected chi connectivity index (χ2v) is 5.52. The van der Waals surface area contributed by atoms with E-state index in [0.29, 0.717) is 0 Å². The van der Waals surface area contributed by atoms with E-state index >= 15 is 0 Å². The van der Waals surface area contributed by atoms with Crippen LogP contribution in [0, 0.1) is 5.82 Å². The van der Waals surface area contributed by atoms with Crippen LogP contribution in [-0.4, -0.2) is 18.1 Å². The van der Waals surface area contributed by atoms with Gasteiger partial charge in [-0.2, -0.15) is 13.2 Å². The van der Waals surface area contributed by atoms with Gasteiger partial charge in [0.05, 0.1) is 22.7 Å². The molecule has 0 N–H and O–H groups in total. The Morgan fingerprint density at radius 3 is 2.48 bits per heavy atom. The molecule has 0 fully saturated rings. The van der Waals surface area contributed by atoms with Gasteiger partial charge in [-0.3, -0.25) is 0 Å². The summed E-state index contributed by atoms with van der Waals surface area (Å²) >= 11 is 11.7. The van der Waals surface area contributed by atoms with E-state index < -0.39 is 45.5 Å². The van der Waals surface area contributed by atoms with E-state index in [1.54, 1.807) is 0 Å². The summed E-state index contributed by atoms with van der Waals surface area (Å²) < 4.78 is 57.8. The summed E-state index contributed by atoms with van der Waals surface area (Å²) in [6.07, 6.45) is -3.77. The average Bonchev–Trinajstić information content (AvgIpc) is 2.53. The maximum atomic E-state index is 14.2. The first kappa shape index (κ1) is 19.2. The van der Waals surface area contributed by atoms with Crippen molar-refractivity contribution in [2.75, 3.05) is 7.11 Å². The molecule has 1 heterocycles. The van der Waals surface area contributed by atoms with E-state index in [4.69, 9.17) is 23.2 Å². The molecular weight excluding hydrogens is 385 g/mol. The molecule has 25 heavy (non-hydrogen) atoms. The van der Waals surface area contributed by atoms with Crippen molar-refractivity contribution in [2.45, 2.75) is 6.18 Å². The van der Waals surface area contributed by atoms with E-state index in [1.165, 1.54) is 0 Å². The first-order chi connectivity index (χ1) is 11.6. The van der Waals surface area contributed by atoms with Crippen LogP contribution in [0.2, 0.25) is 10.0 Å². The van der Waals surface area contributed by atoms with Gasteiger partial charge in [-0.15, -0.1) is 0 Å². The number of nitrogens with zero attached hydrogens (tertiary/aromatic N) is 1. The van der Waals surface area contributed by atoms with Gasteiger partial charge in [0, 0.05) is 11.1 Å². The maximum absolute atomic E-state index is 14.2. The smallest absolute Gasteiger partial charge is 0.417 e. The van der Waals surface area contributed by atoms with Gasteiger partial charge in [-0.05, 0) is 12.1 Å². The zero-order chi connectivity index (χ0) is 18.9. The van der Waals surface area contributed by atoms with Crippen molar-refractivity contribution in [1.82, 2.24) is 4.98 Å². The Balaban J connectivity index is 2.75. The number of rotatable bonds is 3. The molecule has 9 heteroatoms. The first-order valence-corrected chi connectivity index (χ1v) is 7.34. The topological polar surface area (TPSA) is 39.2 Å². The van der Waals surface area contributed by atoms with Crippen molar-refractivity contribution in [3.05, 3.63) is 57.5 Å². The zero-order valence-electron chi connectivity index (χ0n) is 12.5. The second kappa shape index (κ2) is 7.01. The number of alkyl halides is 3. The van der Waals surface area contributed by atoms with Crippen molar-refractivity contribution in [1.29, 1.82) is 0 Å². The van der Waals surface area contributed by atoms with Crippen molar-refractivity contribution < 1.29 is 27.1 Å². The van der Waals surface area contributed by atoms with Crippen LogP contribution in [-0.2, 0) is 10.9 Å². The van der Waals surface area contributed by atoms with E-state index in [9.17, 15) is 22.4 Å². The molecule has 0 saturated carbocycles. The highest BCUT2D eigenvalue weighted by molar-refractivity contribution is 6.35. The second-order valence-electron chi connectivity index (χ2n) is 4.73. The number of carbonyl (C=O) groups is 1. The van der Waals surface area contributed by atoms with Crippen LogP contribution in [0.4, 0.5) is 17.6 Å². The van der Waals surface area contributed by atoms with Gasteiger partial charge in [0.15, 0.2) is 11.5 Å². The molecule has 0 radical (unpaired) electrons. The molecule has 0 unspecified atom stereocenters. The molecule has 2 rings (SSSR count). The third-order valence-corrected chi connectivity index (χ3v) is 3.95. The summed E-state index contributed by atoms with van der Waals surface area (Å²) in [6.45, 7) is 3.30. The first-order valence-electron chi connectivity index (χ1n) is 6.58. The normalized spacial score (nSPS) is 11.3. The number of aromatic nitrogens is 1. The van der Waals surface area contributed by atoms with Crippen molar-refractivity contribution >= 4 is 35.2 Å². The maximum Gasteiger partial charge on any atom is 0.417 e. The van der Waals surface area contributed by atoms with Gasteiger partial charge in [0.2, 0.25) is 0 Å². The van der Waals surface area contributed by atoms with Crippen LogP contribution in [0.5, 0.6) is 0 Å². The van der Waals surface area contributed by atoms with Crippen LogP contribution >= 0.6 is 23.2 Å². The molecule has 1 aromatic heterocycles. The molecule has 0 aliphatic heterocycles. The fourth-order valence-corrected chi connectivity index (χ4v) is 2.66. The van der Waals surface area contributed by atoms with Crippen LogP contribution in [0.1, 0.15) is 21.6 Å².